The van der Waals surface area contributed by atoms with E-state index in [0.717, 1.165) is 138 Å². The summed E-state index contributed by atoms with van der Waals surface area (Å²) in [7, 11) is 7.76. The molecule has 9 aromatic heterocycles. The number of aromatic nitrogens is 18. The molecule has 4 N–H and O–H groups in total. The van der Waals surface area contributed by atoms with Crippen LogP contribution in [-0.2, 0) is 81.8 Å². The van der Waals surface area contributed by atoms with E-state index < -0.39 is 24.3 Å². The molecule has 13 heterocycles. The molecule has 0 spiro atoms. The van der Waals surface area contributed by atoms with Crippen LogP contribution in [0.15, 0.2) is 91.4 Å². The zero-order valence-electron chi connectivity index (χ0n) is 68.0. The molecule has 0 bridgehead atoms. The zero-order chi connectivity index (χ0) is 79.8. The first-order chi connectivity index (χ1) is 53.3. The summed E-state index contributed by atoms with van der Waals surface area (Å²) in [5, 5.41) is 37.7. The number of aliphatic hydroxyl groups excluding tert-OH is 1. The monoisotopic (exact) mass is 1750 g/mol. The molecule has 12 aromatic rings. The van der Waals surface area contributed by atoms with Crippen molar-refractivity contribution in [3.05, 3.63) is 138 Å². The Labute approximate surface area is 685 Å². The molecule has 31 nitrogen and oxygen atoms in total. The van der Waals surface area contributed by atoms with Crippen molar-refractivity contribution in [1.29, 1.82) is 0 Å². The van der Waals surface area contributed by atoms with Crippen LogP contribution in [-0.4, -0.2) is 217 Å². The minimum Gasteiger partial charge on any atom is -0.465 e. The number of rotatable bonds is 12. The molecule has 4 saturated heterocycles. The van der Waals surface area contributed by atoms with E-state index in [4.69, 9.17) is 64.5 Å². The Morgan fingerprint density at radius 2 is 0.895 bits per heavy atom. The van der Waals surface area contributed by atoms with Crippen molar-refractivity contribution in [2.75, 3.05) is 88.2 Å². The number of ether oxygens (including phenoxy) is 5. The second-order valence-corrected chi connectivity index (χ2v) is 28.2. The smallest absolute Gasteiger partial charge is 0.465 e. The van der Waals surface area contributed by atoms with Crippen LogP contribution in [0.5, 0.6) is 0 Å². The summed E-state index contributed by atoms with van der Waals surface area (Å²) in [6, 6.07) is 23.4. The van der Waals surface area contributed by atoms with Gasteiger partial charge >= 0.3 is 19.1 Å². The molecule has 0 radical (unpaired) electrons. The van der Waals surface area contributed by atoms with E-state index in [-0.39, 0.29) is 71.9 Å². The first-order valence-electron chi connectivity index (χ1n) is 37.2. The van der Waals surface area contributed by atoms with Crippen molar-refractivity contribution in [2.45, 2.75) is 140 Å². The van der Waals surface area contributed by atoms with Crippen molar-refractivity contribution in [3.8, 4) is 56.9 Å². The molecule has 16 rings (SSSR count). The number of hydrogen-bond acceptors (Lipinski definition) is 25. The third-order valence-electron chi connectivity index (χ3n) is 19.9. The molecular formula is C80H106BClN21O10W-. The number of methoxy groups -OCH3 is 2. The van der Waals surface area contributed by atoms with Crippen molar-refractivity contribution in [2.24, 2.45) is 21.1 Å². The summed E-state index contributed by atoms with van der Waals surface area (Å²) in [6.45, 7) is 34.3. The summed E-state index contributed by atoms with van der Waals surface area (Å²) >= 11 is 6.11. The normalized spacial score (nSPS) is 16.7. The van der Waals surface area contributed by atoms with Gasteiger partial charge in [-0.25, -0.2) is 53.5 Å². The van der Waals surface area contributed by atoms with Crippen molar-refractivity contribution < 1.29 is 68.8 Å². The van der Waals surface area contributed by atoms with Crippen molar-refractivity contribution in [3.63, 3.8) is 0 Å². The van der Waals surface area contributed by atoms with E-state index >= 15 is 0 Å². The summed E-state index contributed by atoms with van der Waals surface area (Å²) < 4.78 is 43.9. The first-order valence-corrected chi connectivity index (χ1v) is 37.6. The Kier molecular flexibility index (Phi) is 30.6. The van der Waals surface area contributed by atoms with Crippen molar-refractivity contribution in [1.82, 2.24) is 89.8 Å². The summed E-state index contributed by atoms with van der Waals surface area (Å²) in [5.41, 5.74) is 13.0. The van der Waals surface area contributed by atoms with Gasteiger partial charge in [-0.05, 0) is 152 Å². The van der Waals surface area contributed by atoms with Gasteiger partial charge in [-0.1, -0.05) is 50.8 Å². The molecule has 3 aromatic carbocycles. The van der Waals surface area contributed by atoms with E-state index in [9.17, 15) is 14.7 Å². The fraction of sp³-hybridized carbons (Fsp3) is 0.438. The van der Waals surface area contributed by atoms with Gasteiger partial charge in [0.2, 0.25) is 5.28 Å². The van der Waals surface area contributed by atoms with Gasteiger partial charge in [-0.2, -0.15) is 0 Å². The van der Waals surface area contributed by atoms with Gasteiger partial charge in [0.15, 0.2) is 11.6 Å². The number of fused-ring (bicyclic) bond motifs is 3. The Morgan fingerprint density at radius 1 is 0.535 bits per heavy atom. The first kappa shape index (κ1) is 89.6. The van der Waals surface area contributed by atoms with Gasteiger partial charge < -0.3 is 75.2 Å². The molecule has 608 valence electrons. The van der Waals surface area contributed by atoms with Crippen LogP contribution in [0.1, 0.15) is 127 Å². The van der Waals surface area contributed by atoms with Gasteiger partial charge in [0.05, 0.1) is 135 Å². The fourth-order valence-corrected chi connectivity index (χ4v) is 13.8. The molecule has 0 saturated carbocycles. The number of carbonyl (C=O) groups excluding carboxylic acids is 2. The number of anilines is 3. The van der Waals surface area contributed by atoms with E-state index in [0.29, 0.717) is 68.1 Å². The van der Waals surface area contributed by atoms with Gasteiger partial charge in [-0.3, -0.25) is 0 Å². The molecule has 4 fully saturated rings. The second-order valence-electron chi connectivity index (χ2n) is 27.8. The summed E-state index contributed by atoms with van der Waals surface area (Å²) in [4.78, 5) is 68.8. The Morgan fingerprint density at radius 3 is 1.27 bits per heavy atom. The molecule has 0 aliphatic carbocycles. The Bertz CT molecular complexity index is 5180. The number of morpholine rings is 3. The molecule has 114 heavy (non-hydrogen) atoms. The number of hydrogen-bond donors (Lipinski definition) is 4. The number of aryl methyl sites for hydroxylation is 6. The molecule has 4 aliphatic heterocycles. The van der Waals surface area contributed by atoms with Gasteiger partial charge in [0.25, 0.3) is 0 Å². The van der Waals surface area contributed by atoms with Crippen LogP contribution < -0.4 is 20.2 Å². The molecule has 4 aliphatic rings. The quantitative estimate of drug-likeness (QED) is 0.0382. The Balaban J connectivity index is 0.000000189. The fourth-order valence-electron chi connectivity index (χ4n) is 13.6. The second kappa shape index (κ2) is 38.9. The third-order valence-corrected chi connectivity index (χ3v) is 20.1. The van der Waals surface area contributed by atoms with E-state index in [1.54, 1.807) is 38.3 Å². The van der Waals surface area contributed by atoms with Crippen LogP contribution >= 0.6 is 11.6 Å². The maximum atomic E-state index is 12.3. The van der Waals surface area contributed by atoms with Crippen LogP contribution in [0.3, 0.4) is 0 Å². The van der Waals surface area contributed by atoms with E-state index in [2.05, 4.69) is 91.3 Å². The Hall–Kier alpha value is -9.92. The molecule has 34 heteroatoms. The minimum absolute atomic E-state index is 0. The number of aromatic amines is 3. The van der Waals surface area contributed by atoms with Gasteiger partial charge in [0, 0.05) is 137 Å². The number of benzene rings is 3. The number of esters is 2. The van der Waals surface area contributed by atoms with Crippen LogP contribution in [0.4, 0.5) is 17.5 Å². The zero-order valence-corrected chi connectivity index (χ0v) is 71.7. The average molecular weight is 1750 g/mol. The van der Waals surface area contributed by atoms with Gasteiger partial charge in [0.1, 0.15) is 34.5 Å². The van der Waals surface area contributed by atoms with Crippen LogP contribution in [0.25, 0.3) is 89.6 Å². The molecule has 3 atom stereocenters. The standard InChI is InChI=1S/C23H25N7O3.C22H25N7O2.C16H20BNO4.C13H17ClN6O.2C2H6.CH4.CH3.W/c1-13-12-33-8-7-30(13)20-11-19(21-14(2)27-28-29(21)3)25-22(26-20)17-9-15(23(31)32-4)10-18-16(17)5-6-24-18;1-13-12-31-7-6-29(13)20-10-19(21-14(2)26-27-28(21)3)24-22(25-20)17-8-15(11-30)9-18-16(17)4-5-23-18;1-15(2)16(3,4)22-17(21-15)12-8-10(14(19)20-5)9-13-11(12)6-7-18-13;1-8-7-21-5-4-20(8)11-6-10(15-13(14)16-11)12-9(2)17-18-19(12)3;2*1-2;;;/h5-6,9-11,13,24H,7-8,12H2,1-4H3;4-5,8-10,13,23,30H,6-7,11-12H2,1-3H3;6-9,18H,1-5H3;6,8H,4-5,7H2,1-3H3;2*1-2H3;1H4;1H3;/q;;;;;;;-1;/t2*13-;;8-;;;;;/m11.1...../s1. The largest absolute Gasteiger partial charge is 0.495 e. The number of nitrogens with zero attached hydrogens (tertiary/aromatic N) is 18. The minimum atomic E-state index is -0.520. The average Bonchev–Trinajstić information content (AvgIpc) is 1.62. The van der Waals surface area contributed by atoms with Gasteiger partial charge in [-0.15, -0.1) is 15.3 Å². The topological polar surface area (TPSA) is 346 Å². The van der Waals surface area contributed by atoms with E-state index in [1.807, 2.05) is 164 Å². The molecule has 0 amide bonds. The van der Waals surface area contributed by atoms with Crippen LogP contribution in [0.2, 0.25) is 5.28 Å². The summed E-state index contributed by atoms with van der Waals surface area (Å²) in [6.07, 6.45) is 5.55. The maximum absolute atomic E-state index is 12.3. The van der Waals surface area contributed by atoms with Crippen molar-refractivity contribution >= 4 is 86.3 Å². The predicted molar refractivity (Wildman–Crippen MR) is 441 cm³/mol. The number of aliphatic hydroxyl groups is 1. The van der Waals surface area contributed by atoms with E-state index in [1.165, 1.54) is 14.2 Å². The maximum Gasteiger partial charge on any atom is 0.495 e. The number of carbonyl (C=O) groups is 2. The molecule has 0 unspecified atom stereocenters. The van der Waals surface area contributed by atoms with Crippen LogP contribution in [0, 0.1) is 28.2 Å². The number of H-pyrrole nitrogens is 3. The predicted octanol–water partition coefficient (Wildman–Crippen LogP) is 12.0. The SMILES string of the molecule is C.CC.CC.COC(=O)c1cc(-c2nc(-c3c(C)nnn3C)cc(N3CCOC[C@H]3C)n2)c2cc[nH]c2c1.COC(=O)c1cc(B2OC(C)(C)C(C)(C)O2)c2cc[nH]c2c1.Cc1nnn(C)c1-c1cc(N2CCOC[C@H]2C)nc(-c2cc(CO)cc3[nH]ccc23)n1.Cc1nnn(C)c1-c1cc(N2CCOC[C@H]2C)nc(Cl)n1.[CH3-].[W]. The summed E-state index contributed by atoms with van der Waals surface area (Å²) in [5.74, 6) is 2.75. The number of nitrogens with one attached hydrogen (secondary N) is 3. The number of halogens is 1. The molecular weight excluding hydrogens is 1650 g/mol. The third kappa shape index (κ3) is 19.2.